The minimum Gasteiger partial charge on any atom is -0.505 e. The second-order valence-electron chi connectivity index (χ2n) is 5.63. The Hall–Kier alpha value is -2.83. The third kappa shape index (κ3) is 3.29. The summed E-state index contributed by atoms with van der Waals surface area (Å²) in [7, 11) is 0. The van der Waals surface area contributed by atoms with E-state index in [1.54, 1.807) is 18.2 Å². The standard InChI is InChI=1S/C18H12Cl2N2O4/c1-9-3-2-4-11(5-9)22-17(25)12(16(24)21-18(22)26)6-10-7-13(19)15(23)14(20)8-10/h2-8,23H,1H3,(H,21,24,26)/b12-6-. The molecule has 6 nitrogen and oxygen atoms in total. The van der Waals surface area contributed by atoms with Gasteiger partial charge in [0.15, 0.2) is 5.75 Å². The zero-order chi connectivity index (χ0) is 19.0. The van der Waals surface area contributed by atoms with Crippen LogP contribution in [0.1, 0.15) is 11.1 Å². The van der Waals surface area contributed by atoms with Gasteiger partial charge in [-0.25, -0.2) is 9.69 Å². The third-order valence-corrected chi connectivity index (χ3v) is 4.29. The molecule has 0 bridgehead atoms. The molecule has 1 fully saturated rings. The summed E-state index contributed by atoms with van der Waals surface area (Å²) in [6.45, 7) is 1.82. The van der Waals surface area contributed by atoms with Crippen LogP contribution in [-0.2, 0) is 9.59 Å². The summed E-state index contributed by atoms with van der Waals surface area (Å²) in [5, 5.41) is 11.7. The molecule has 2 aromatic rings. The highest BCUT2D eigenvalue weighted by molar-refractivity contribution is 6.40. The van der Waals surface area contributed by atoms with Gasteiger partial charge in [-0.3, -0.25) is 14.9 Å². The first-order valence-electron chi connectivity index (χ1n) is 7.44. The number of aromatic hydroxyl groups is 1. The van der Waals surface area contributed by atoms with Crippen LogP contribution in [0.2, 0.25) is 10.0 Å². The van der Waals surface area contributed by atoms with Crippen LogP contribution in [0.15, 0.2) is 42.0 Å². The lowest BCUT2D eigenvalue weighted by Crippen LogP contribution is -2.54. The number of carbonyl (C=O) groups is 3. The lowest BCUT2D eigenvalue weighted by atomic mass is 10.1. The van der Waals surface area contributed by atoms with E-state index in [0.29, 0.717) is 11.3 Å². The number of amides is 4. The highest BCUT2D eigenvalue weighted by atomic mass is 35.5. The highest BCUT2D eigenvalue weighted by Gasteiger charge is 2.36. The van der Waals surface area contributed by atoms with E-state index in [2.05, 4.69) is 5.32 Å². The molecule has 1 aliphatic heterocycles. The van der Waals surface area contributed by atoms with Crippen LogP contribution in [0, 0.1) is 6.92 Å². The number of hydrogen-bond donors (Lipinski definition) is 2. The average Bonchev–Trinajstić information content (AvgIpc) is 2.56. The molecule has 0 unspecified atom stereocenters. The second kappa shape index (κ2) is 6.82. The van der Waals surface area contributed by atoms with Crippen molar-refractivity contribution in [2.45, 2.75) is 6.92 Å². The van der Waals surface area contributed by atoms with E-state index in [4.69, 9.17) is 23.2 Å². The maximum atomic E-state index is 12.8. The van der Waals surface area contributed by atoms with Crippen molar-refractivity contribution in [1.29, 1.82) is 0 Å². The summed E-state index contributed by atoms with van der Waals surface area (Å²) in [4.78, 5) is 37.9. The molecule has 26 heavy (non-hydrogen) atoms. The molecule has 4 amide bonds. The van der Waals surface area contributed by atoms with Crippen molar-refractivity contribution >= 4 is 52.8 Å². The number of phenols is 1. The van der Waals surface area contributed by atoms with Gasteiger partial charge in [0.1, 0.15) is 5.57 Å². The minimum absolute atomic E-state index is 0.0281. The maximum Gasteiger partial charge on any atom is 0.335 e. The molecule has 3 rings (SSSR count). The molecule has 132 valence electrons. The lowest BCUT2D eigenvalue weighted by Gasteiger charge is -2.26. The number of anilines is 1. The van der Waals surface area contributed by atoms with Crippen molar-refractivity contribution in [3.05, 3.63) is 63.1 Å². The molecule has 1 heterocycles. The minimum atomic E-state index is -0.829. The van der Waals surface area contributed by atoms with Crippen molar-refractivity contribution in [2.24, 2.45) is 0 Å². The van der Waals surface area contributed by atoms with E-state index in [1.807, 2.05) is 13.0 Å². The molecule has 1 saturated heterocycles. The Morgan fingerprint density at radius 1 is 1.08 bits per heavy atom. The van der Waals surface area contributed by atoms with Crippen molar-refractivity contribution in [3.8, 4) is 5.75 Å². The molecule has 2 aromatic carbocycles. The molecule has 0 radical (unpaired) electrons. The molecule has 8 heteroatoms. The largest absolute Gasteiger partial charge is 0.505 e. The van der Waals surface area contributed by atoms with E-state index in [9.17, 15) is 19.5 Å². The fourth-order valence-electron chi connectivity index (χ4n) is 2.49. The molecule has 0 saturated carbocycles. The Morgan fingerprint density at radius 3 is 2.35 bits per heavy atom. The number of benzene rings is 2. The number of nitrogens with zero attached hydrogens (tertiary/aromatic N) is 1. The van der Waals surface area contributed by atoms with Gasteiger partial charge in [0.2, 0.25) is 0 Å². The van der Waals surface area contributed by atoms with Crippen molar-refractivity contribution in [2.75, 3.05) is 4.90 Å². The normalized spacial score (nSPS) is 16.2. The highest BCUT2D eigenvalue weighted by Crippen LogP contribution is 2.33. The topological polar surface area (TPSA) is 86.7 Å². The molecular formula is C18H12Cl2N2O4. The number of imide groups is 2. The summed E-state index contributed by atoms with van der Waals surface area (Å²) >= 11 is 11.7. The first kappa shape index (κ1) is 18.0. The molecule has 2 N–H and O–H groups in total. The summed E-state index contributed by atoms with van der Waals surface area (Å²) in [6, 6.07) is 8.63. The molecule has 0 spiro atoms. The number of urea groups is 1. The fourth-order valence-corrected chi connectivity index (χ4v) is 3.00. The van der Waals surface area contributed by atoms with Gasteiger partial charge >= 0.3 is 6.03 Å². The lowest BCUT2D eigenvalue weighted by molar-refractivity contribution is -0.122. The summed E-state index contributed by atoms with van der Waals surface area (Å²) in [5.41, 5.74) is 1.26. The van der Waals surface area contributed by atoms with E-state index >= 15 is 0 Å². The van der Waals surface area contributed by atoms with Crippen LogP contribution < -0.4 is 10.2 Å². The van der Waals surface area contributed by atoms with E-state index in [1.165, 1.54) is 18.2 Å². The van der Waals surface area contributed by atoms with Crippen LogP contribution >= 0.6 is 23.2 Å². The summed E-state index contributed by atoms with van der Waals surface area (Å²) < 4.78 is 0. The van der Waals surface area contributed by atoms with Gasteiger partial charge < -0.3 is 5.11 Å². The van der Waals surface area contributed by atoms with Gasteiger partial charge in [0, 0.05) is 0 Å². The second-order valence-corrected chi connectivity index (χ2v) is 6.44. The third-order valence-electron chi connectivity index (χ3n) is 3.71. The van der Waals surface area contributed by atoms with Gasteiger partial charge in [-0.15, -0.1) is 0 Å². The Kier molecular flexibility index (Phi) is 4.71. The number of phenolic OH excluding ortho intramolecular Hbond substituents is 1. The van der Waals surface area contributed by atoms with Gasteiger partial charge in [-0.2, -0.15) is 0 Å². The number of barbiturate groups is 1. The zero-order valence-electron chi connectivity index (χ0n) is 13.4. The van der Waals surface area contributed by atoms with E-state index < -0.39 is 17.8 Å². The molecule has 1 aliphatic rings. The van der Waals surface area contributed by atoms with Crippen LogP contribution in [0.25, 0.3) is 6.08 Å². The number of rotatable bonds is 2. The smallest absolute Gasteiger partial charge is 0.335 e. The quantitative estimate of drug-likeness (QED) is 0.604. The molecule has 0 aliphatic carbocycles. The van der Waals surface area contributed by atoms with Gasteiger partial charge in [0.25, 0.3) is 11.8 Å². The number of hydrogen-bond acceptors (Lipinski definition) is 4. The number of carbonyl (C=O) groups excluding carboxylic acids is 3. The van der Waals surface area contributed by atoms with E-state index in [-0.39, 0.29) is 21.4 Å². The Morgan fingerprint density at radius 2 is 1.73 bits per heavy atom. The number of halogens is 2. The number of nitrogens with one attached hydrogen (secondary N) is 1. The van der Waals surface area contributed by atoms with Crippen LogP contribution in [0.5, 0.6) is 5.75 Å². The zero-order valence-corrected chi connectivity index (χ0v) is 14.9. The van der Waals surface area contributed by atoms with Gasteiger partial charge in [-0.05, 0) is 48.4 Å². The van der Waals surface area contributed by atoms with Crippen LogP contribution in [0.4, 0.5) is 10.5 Å². The van der Waals surface area contributed by atoms with Gasteiger partial charge in [0.05, 0.1) is 15.7 Å². The SMILES string of the molecule is Cc1cccc(N2C(=O)NC(=O)/C(=C/c3cc(Cl)c(O)c(Cl)c3)C2=O)c1. The maximum absolute atomic E-state index is 12.8. The Labute approximate surface area is 158 Å². The Balaban J connectivity index is 2.06. The molecular weight excluding hydrogens is 379 g/mol. The van der Waals surface area contributed by atoms with Crippen molar-refractivity contribution < 1.29 is 19.5 Å². The van der Waals surface area contributed by atoms with Crippen LogP contribution in [-0.4, -0.2) is 23.0 Å². The van der Waals surface area contributed by atoms with Crippen LogP contribution in [0.3, 0.4) is 0 Å². The predicted molar refractivity (Wildman–Crippen MR) is 98.3 cm³/mol. The monoisotopic (exact) mass is 390 g/mol. The fraction of sp³-hybridized carbons (Fsp3) is 0.0556. The van der Waals surface area contributed by atoms with Crippen molar-refractivity contribution in [3.63, 3.8) is 0 Å². The molecule has 0 atom stereocenters. The number of aryl methyl sites for hydroxylation is 1. The average molecular weight is 391 g/mol. The predicted octanol–water partition coefficient (Wildman–Crippen LogP) is 3.67. The summed E-state index contributed by atoms with van der Waals surface area (Å²) in [5.74, 6) is -1.90. The first-order chi connectivity index (χ1) is 12.3. The van der Waals surface area contributed by atoms with Crippen molar-refractivity contribution in [1.82, 2.24) is 5.32 Å². The summed E-state index contributed by atoms with van der Waals surface area (Å²) in [6.07, 6.45) is 1.25. The van der Waals surface area contributed by atoms with E-state index in [0.717, 1.165) is 10.5 Å². The Bertz CT molecular complexity index is 962. The molecule has 0 aromatic heterocycles. The first-order valence-corrected chi connectivity index (χ1v) is 8.19. The van der Waals surface area contributed by atoms with Gasteiger partial charge in [-0.1, -0.05) is 35.3 Å².